The second-order valence-corrected chi connectivity index (χ2v) is 9.03. The largest absolute Gasteiger partial charge is 0.469 e. The first-order valence-electron chi connectivity index (χ1n) is 9.25. The van der Waals surface area contributed by atoms with Crippen LogP contribution >= 0.6 is 7.82 Å². The highest BCUT2D eigenvalue weighted by molar-refractivity contribution is 7.46. The number of aliphatic hydroxyl groups is 3. The molecule has 0 aliphatic carbocycles. The fourth-order valence-electron chi connectivity index (χ4n) is 2.17. The third-order valence-electron chi connectivity index (χ3n) is 3.66. The van der Waals surface area contributed by atoms with Crippen molar-refractivity contribution in [1.82, 2.24) is 9.55 Å². The SMILES string of the molecule is C[N+](C)(C)CCOP(=O)(O)O.O=c1ccn([C@@H]2O[C@H](CO)[C@@H](O)[C@H]2O)c(=O)[nH]1.[CH2-]C(C)=O. The van der Waals surface area contributed by atoms with Crippen LogP contribution in [-0.4, -0.2) is 104 Å². The number of aromatic amines is 1. The number of Topliss-reactive ketones (excluding diaryl/α,β-unsaturated/α-hetero) is 1. The summed E-state index contributed by atoms with van der Waals surface area (Å²) in [7, 11) is 1.50. The Kier molecular flexibility index (Phi) is 12.2. The van der Waals surface area contributed by atoms with E-state index >= 15 is 0 Å². The molecular weight excluding hydrogens is 453 g/mol. The lowest BCUT2D eigenvalue weighted by Gasteiger charge is -2.23. The maximum absolute atomic E-state index is 11.4. The molecule has 0 bridgehead atoms. The van der Waals surface area contributed by atoms with Gasteiger partial charge < -0.3 is 46.0 Å². The summed E-state index contributed by atoms with van der Waals surface area (Å²) < 4.78 is 21.1. The van der Waals surface area contributed by atoms with E-state index in [0.717, 1.165) is 16.8 Å². The average Bonchev–Trinajstić information content (AvgIpc) is 2.88. The first-order chi connectivity index (χ1) is 14.5. The lowest BCUT2D eigenvalue weighted by atomic mass is 10.1. The van der Waals surface area contributed by atoms with Crippen LogP contribution in [0.1, 0.15) is 13.2 Å². The highest BCUT2D eigenvalue weighted by Gasteiger charge is 2.43. The molecule has 0 unspecified atom stereocenters. The van der Waals surface area contributed by atoms with Gasteiger partial charge in [0.25, 0.3) is 5.56 Å². The molecule has 0 amide bonds. The van der Waals surface area contributed by atoms with Crippen molar-refractivity contribution in [3.63, 3.8) is 0 Å². The Labute approximate surface area is 184 Å². The monoisotopic (exact) mass is 485 g/mol. The number of aromatic nitrogens is 2. The molecule has 6 N–H and O–H groups in total. The van der Waals surface area contributed by atoms with Crippen LogP contribution in [0.25, 0.3) is 0 Å². The Bertz CT molecular complexity index is 869. The summed E-state index contributed by atoms with van der Waals surface area (Å²) in [5.41, 5.74) is -1.33. The van der Waals surface area contributed by atoms with Crippen LogP contribution in [0.5, 0.6) is 0 Å². The van der Waals surface area contributed by atoms with E-state index in [2.05, 4.69) is 11.4 Å². The Morgan fingerprint density at radius 2 is 1.81 bits per heavy atom. The molecule has 1 aromatic heterocycles. The van der Waals surface area contributed by atoms with Crippen molar-refractivity contribution in [2.45, 2.75) is 31.5 Å². The molecule has 14 nitrogen and oxygen atoms in total. The zero-order chi connectivity index (χ0) is 25.3. The maximum atomic E-state index is 11.4. The number of nitrogens with zero attached hydrogens (tertiary/aromatic N) is 2. The number of likely N-dealkylation sites (N-methyl/N-ethyl adjacent to an activating group) is 1. The van der Waals surface area contributed by atoms with Crippen molar-refractivity contribution < 1.29 is 48.2 Å². The van der Waals surface area contributed by atoms with Crippen LogP contribution in [-0.2, 0) is 18.6 Å². The number of hydrogen-bond acceptors (Lipinski definition) is 9. The molecule has 0 spiro atoms. The lowest BCUT2D eigenvalue weighted by Crippen LogP contribution is -2.37. The van der Waals surface area contributed by atoms with E-state index in [4.69, 9.17) is 19.6 Å². The van der Waals surface area contributed by atoms with Crippen LogP contribution in [0.15, 0.2) is 21.9 Å². The van der Waals surface area contributed by atoms with Crippen molar-refractivity contribution in [2.75, 3.05) is 40.9 Å². The first-order valence-corrected chi connectivity index (χ1v) is 10.8. The number of H-pyrrole nitrogens is 1. The van der Waals surface area contributed by atoms with Gasteiger partial charge in [0.2, 0.25) is 0 Å². The molecule has 0 aromatic carbocycles. The number of nitrogens with one attached hydrogen (secondary N) is 1. The minimum Gasteiger partial charge on any atom is -0.394 e. The lowest BCUT2D eigenvalue weighted by molar-refractivity contribution is -0.870. The van der Waals surface area contributed by atoms with Gasteiger partial charge in [0.05, 0.1) is 27.7 Å². The molecule has 32 heavy (non-hydrogen) atoms. The van der Waals surface area contributed by atoms with Gasteiger partial charge in [-0.1, -0.05) is 0 Å². The Morgan fingerprint density at radius 3 is 2.19 bits per heavy atom. The summed E-state index contributed by atoms with van der Waals surface area (Å²) in [5.74, 6) is -0.0833. The van der Waals surface area contributed by atoms with Gasteiger partial charge in [-0.15, -0.1) is 0 Å². The van der Waals surface area contributed by atoms with Gasteiger partial charge in [-0.05, 0) is 12.7 Å². The second-order valence-electron chi connectivity index (χ2n) is 7.79. The maximum Gasteiger partial charge on any atom is 0.469 e. The smallest absolute Gasteiger partial charge is 0.394 e. The van der Waals surface area contributed by atoms with E-state index < -0.39 is 50.2 Å². The second kappa shape index (κ2) is 13.0. The van der Waals surface area contributed by atoms with E-state index in [9.17, 15) is 29.2 Å². The molecule has 0 saturated carbocycles. The van der Waals surface area contributed by atoms with E-state index in [1.165, 1.54) is 6.92 Å². The zero-order valence-corrected chi connectivity index (χ0v) is 19.2. The fraction of sp³-hybridized carbons (Fsp3) is 0.647. The number of carbonyl (C=O) groups is 1. The van der Waals surface area contributed by atoms with Gasteiger partial charge in [-0.3, -0.25) is 18.9 Å². The Morgan fingerprint density at radius 1 is 1.28 bits per heavy atom. The van der Waals surface area contributed by atoms with E-state index in [1.807, 2.05) is 26.1 Å². The van der Waals surface area contributed by atoms with Crippen molar-refractivity contribution in [2.24, 2.45) is 0 Å². The van der Waals surface area contributed by atoms with Crippen LogP contribution < -0.4 is 11.2 Å². The predicted molar refractivity (Wildman–Crippen MR) is 111 cm³/mol. The van der Waals surface area contributed by atoms with Gasteiger partial charge in [0, 0.05) is 12.3 Å². The average molecular weight is 485 g/mol. The fourth-order valence-corrected chi connectivity index (χ4v) is 2.49. The highest BCUT2D eigenvalue weighted by atomic mass is 31.2. The van der Waals surface area contributed by atoms with Gasteiger partial charge in [0.1, 0.15) is 31.5 Å². The predicted octanol–water partition coefficient (Wildman–Crippen LogP) is -2.64. The Hall–Kier alpha value is -1.87. The van der Waals surface area contributed by atoms with Crippen molar-refractivity contribution in [3.8, 4) is 0 Å². The Balaban J connectivity index is 0.000000553. The number of hydrogen-bond donors (Lipinski definition) is 6. The topological polar surface area (TPSA) is 209 Å². The van der Waals surface area contributed by atoms with Crippen LogP contribution in [0.4, 0.5) is 0 Å². The number of phosphoric ester groups is 1. The van der Waals surface area contributed by atoms with Gasteiger partial charge in [0.15, 0.2) is 6.23 Å². The zero-order valence-electron chi connectivity index (χ0n) is 18.3. The molecule has 1 aliphatic heterocycles. The van der Waals surface area contributed by atoms with E-state index in [1.54, 1.807) is 0 Å². The number of carbonyl (C=O) groups excluding carboxylic acids is 1. The standard InChI is InChI=1S/C9H12N2O6.C5H14NO4P.C3H5O/c12-3-4-6(14)7(15)8(17-4)11-2-1-5(13)10-9(11)16;1-6(2,3)4-5-10-11(7,8)9;1-3(2)4/h1-2,4,6-8,12,14-15H,3H2,(H,10,13,16);4-5H2,1-3H3,(H-,7,8,9);1H2,2H3/q;;-1/p+1/t4-,6-,7-,8-;;/m1../s1. The molecule has 2 rings (SSSR count). The number of ketones is 1. The molecule has 1 saturated heterocycles. The molecule has 2 heterocycles. The number of quaternary nitrogens is 1. The molecule has 0 radical (unpaired) electrons. The summed E-state index contributed by atoms with van der Waals surface area (Å²) >= 11 is 0. The number of ether oxygens (including phenoxy) is 1. The normalized spacial score (nSPS) is 22.9. The van der Waals surface area contributed by atoms with Crippen molar-refractivity contribution in [3.05, 3.63) is 40.0 Å². The van der Waals surface area contributed by atoms with Crippen LogP contribution in [0.3, 0.4) is 0 Å². The van der Waals surface area contributed by atoms with E-state index in [-0.39, 0.29) is 12.4 Å². The number of phosphoric acid groups is 1. The van der Waals surface area contributed by atoms with Gasteiger partial charge >= 0.3 is 13.5 Å². The molecule has 4 atom stereocenters. The number of aliphatic hydroxyl groups excluding tert-OH is 3. The van der Waals surface area contributed by atoms with Crippen molar-refractivity contribution in [1.29, 1.82) is 0 Å². The quantitative estimate of drug-likeness (QED) is 0.139. The third-order valence-corrected chi connectivity index (χ3v) is 4.18. The molecule has 1 fully saturated rings. The number of rotatable bonds is 6. The highest BCUT2D eigenvalue weighted by Crippen LogP contribution is 2.35. The minimum atomic E-state index is -4.26. The summed E-state index contributed by atoms with van der Waals surface area (Å²) in [6, 6.07) is 1.09. The van der Waals surface area contributed by atoms with Crippen LogP contribution in [0, 0.1) is 6.92 Å². The van der Waals surface area contributed by atoms with Gasteiger partial charge in [-0.25, -0.2) is 9.36 Å². The summed E-state index contributed by atoms with van der Waals surface area (Å²) in [5, 5.41) is 28.1. The van der Waals surface area contributed by atoms with Gasteiger partial charge in [-0.2, -0.15) is 0 Å². The van der Waals surface area contributed by atoms with E-state index in [0.29, 0.717) is 11.0 Å². The van der Waals surface area contributed by atoms with Crippen LogP contribution in [0.2, 0.25) is 0 Å². The van der Waals surface area contributed by atoms with Crippen molar-refractivity contribution >= 4 is 13.6 Å². The summed E-state index contributed by atoms with van der Waals surface area (Å²) in [6.07, 6.45) is -3.58. The molecule has 15 heteroatoms. The summed E-state index contributed by atoms with van der Waals surface area (Å²) in [4.78, 5) is 50.2. The molecule has 186 valence electrons. The molecule has 1 aliphatic rings. The first kappa shape index (κ1) is 30.1. The minimum absolute atomic E-state index is 0.0772. The molecular formula is C17H32N3O11P. The summed E-state index contributed by atoms with van der Waals surface area (Å²) in [6.45, 7) is 4.59. The molecule has 1 aromatic rings. The third kappa shape index (κ3) is 12.2.